The van der Waals surface area contributed by atoms with Crippen molar-refractivity contribution in [2.45, 2.75) is 27.2 Å². The Kier molecular flexibility index (Phi) is 34.8. The van der Waals surface area contributed by atoms with Gasteiger partial charge in [-0.1, -0.05) is 20.8 Å². The molecule has 0 aliphatic rings. The Morgan fingerprint density at radius 1 is 1.50 bits per heavy atom. The molecular formula is C6H13+. The van der Waals surface area contributed by atoms with Crippen LogP contribution in [-0.4, -0.2) is 0 Å². The van der Waals surface area contributed by atoms with E-state index in [4.69, 9.17) is 6.58 Å². The van der Waals surface area contributed by atoms with Crippen LogP contribution in [0.25, 0.3) is 0 Å². The molecule has 0 saturated heterocycles. The molecule has 0 aliphatic heterocycles. The van der Waals surface area contributed by atoms with E-state index in [9.17, 15) is 0 Å². The molecule has 0 atom stereocenters. The molecule has 0 aromatic rings. The van der Waals surface area contributed by atoms with Gasteiger partial charge >= 0.3 is 0 Å². The lowest BCUT2D eigenvalue weighted by Gasteiger charge is -1.46. The molecule has 0 aromatic carbocycles. The Bertz CT molecular complexity index is 14.0. The molecule has 0 bridgehead atoms. The SMILES string of the molecule is CC.[CH+]=CCC. The van der Waals surface area contributed by atoms with Crippen molar-refractivity contribution in [3.8, 4) is 0 Å². The summed E-state index contributed by atoms with van der Waals surface area (Å²) in [6.45, 7) is 10.9. The third kappa shape index (κ3) is 60.7. The van der Waals surface area contributed by atoms with Crippen molar-refractivity contribution in [2.24, 2.45) is 0 Å². The summed E-state index contributed by atoms with van der Waals surface area (Å²) in [6.07, 6.45) is 2.60. The highest BCUT2D eigenvalue weighted by Crippen LogP contribution is 1.65. The predicted molar refractivity (Wildman–Crippen MR) is 30.5 cm³/mol. The molecule has 6 heavy (non-hydrogen) atoms. The topological polar surface area (TPSA) is 0 Å². The Balaban J connectivity index is 0. The molecule has 36 valence electrons. The largest absolute Gasteiger partial charge is 0.201 e. The highest BCUT2D eigenvalue weighted by atomic mass is 13.5. The van der Waals surface area contributed by atoms with Gasteiger partial charge in [-0.05, 0) is 0 Å². The highest BCUT2D eigenvalue weighted by Gasteiger charge is 1.57. The molecule has 0 amide bonds. The maximum atomic E-state index is 4.90. The lowest BCUT2D eigenvalue weighted by Crippen LogP contribution is -1.37. The van der Waals surface area contributed by atoms with E-state index >= 15 is 0 Å². The van der Waals surface area contributed by atoms with Gasteiger partial charge in [0.25, 0.3) is 0 Å². The van der Waals surface area contributed by atoms with Gasteiger partial charge in [-0.25, -0.2) is 0 Å². The van der Waals surface area contributed by atoms with Crippen LogP contribution >= 0.6 is 0 Å². The van der Waals surface area contributed by atoms with Gasteiger partial charge in [0.2, 0.25) is 6.58 Å². The maximum Gasteiger partial charge on any atom is 0.201 e. The minimum atomic E-state index is 0.972. The Hall–Kier alpha value is -0.350. The summed E-state index contributed by atoms with van der Waals surface area (Å²) >= 11 is 0. The smallest absolute Gasteiger partial charge is 0.0683 e. The fraction of sp³-hybridized carbons (Fsp3) is 0.667. The molecule has 0 heterocycles. The van der Waals surface area contributed by atoms with E-state index in [1.807, 2.05) is 20.8 Å². The van der Waals surface area contributed by atoms with Crippen molar-refractivity contribution in [3.05, 3.63) is 12.7 Å². The summed E-state index contributed by atoms with van der Waals surface area (Å²) in [6, 6.07) is 0. The first-order chi connectivity index (χ1) is 2.91. The van der Waals surface area contributed by atoms with Crippen LogP contribution < -0.4 is 0 Å². The molecule has 0 radical (unpaired) electrons. The van der Waals surface area contributed by atoms with Crippen molar-refractivity contribution >= 4 is 0 Å². The zero-order valence-electron chi connectivity index (χ0n) is 4.86. The van der Waals surface area contributed by atoms with E-state index in [1.54, 1.807) is 6.08 Å². The van der Waals surface area contributed by atoms with Crippen LogP contribution in [0.3, 0.4) is 0 Å². The molecular weight excluding hydrogens is 72.1 g/mol. The summed E-state index contributed by atoms with van der Waals surface area (Å²) in [5.74, 6) is 0. The zero-order chi connectivity index (χ0) is 5.41. The minimum absolute atomic E-state index is 0.972. The Morgan fingerprint density at radius 2 is 1.67 bits per heavy atom. The van der Waals surface area contributed by atoms with Crippen LogP contribution in [0.5, 0.6) is 0 Å². The quantitative estimate of drug-likeness (QED) is 0.429. The van der Waals surface area contributed by atoms with Gasteiger partial charge in [-0.2, -0.15) is 0 Å². The van der Waals surface area contributed by atoms with Crippen LogP contribution in [0.4, 0.5) is 0 Å². The summed E-state index contributed by atoms with van der Waals surface area (Å²) in [5, 5.41) is 0. The van der Waals surface area contributed by atoms with Gasteiger partial charge in [0.1, 0.15) is 0 Å². The fourth-order valence-corrected chi connectivity index (χ4v) is 0. The zero-order valence-corrected chi connectivity index (χ0v) is 4.86. The fourth-order valence-electron chi connectivity index (χ4n) is 0. The van der Waals surface area contributed by atoms with E-state index in [0.29, 0.717) is 0 Å². The van der Waals surface area contributed by atoms with Crippen LogP contribution in [0, 0.1) is 6.58 Å². The van der Waals surface area contributed by atoms with E-state index in [2.05, 4.69) is 0 Å². The summed E-state index contributed by atoms with van der Waals surface area (Å²) < 4.78 is 0. The van der Waals surface area contributed by atoms with E-state index in [1.165, 1.54) is 0 Å². The number of allylic oxidation sites excluding steroid dienone is 1. The molecule has 0 nitrogen and oxygen atoms in total. The molecule has 0 rings (SSSR count). The average molecular weight is 85.2 g/mol. The van der Waals surface area contributed by atoms with Gasteiger partial charge in [0.15, 0.2) is 6.08 Å². The van der Waals surface area contributed by atoms with Gasteiger partial charge in [-0.3, -0.25) is 0 Å². The first kappa shape index (κ1) is 9.17. The summed E-state index contributed by atoms with van der Waals surface area (Å²) in [4.78, 5) is 0. The van der Waals surface area contributed by atoms with E-state index in [-0.39, 0.29) is 0 Å². The lowest BCUT2D eigenvalue weighted by atomic mass is 10.5. The second kappa shape index (κ2) is 22.8. The standard InChI is InChI=1S/C4H7.C2H6/c1-3-4-2;1-2/h1,3H,4H2,2H3;1-2H3/q+1;. The summed E-state index contributed by atoms with van der Waals surface area (Å²) in [5.41, 5.74) is 0. The maximum absolute atomic E-state index is 4.90. The third-order valence-corrected chi connectivity index (χ3v) is 0.236. The van der Waals surface area contributed by atoms with Crippen LogP contribution in [-0.2, 0) is 0 Å². The predicted octanol–water partition coefficient (Wildman–Crippen LogP) is 2.41. The van der Waals surface area contributed by atoms with Crippen molar-refractivity contribution in [1.82, 2.24) is 0 Å². The number of hydrogen-bond acceptors (Lipinski definition) is 0. The molecule has 0 N–H and O–H groups in total. The second-order valence-electron chi connectivity index (χ2n) is 0.644. The van der Waals surface area contributed by atoms with Gasteiger partial charge in [0, 0.05) is 6.42 Å². The molecule has 0 spiro atoms. The van der Waals surface area contributed by atoms with Crippen molar-refractivity contribution < 1.29 is 0 Å². The van der Waals surface area contributed by atoms with Gasteiger partial charge in [-0.15, -0.1) is 0 Å². The Morgan fingerprint density at radius 3 is 1.67 bits per heavy atom. The summed E-state index contributed by atoms with van der Waals surface area (Å²) in [7, 11) is 0. The van der Waals surface area contributed by atoms with Crippen LogP contribution in [0.15, 0.2) is 6.08 Å². The second-order valence-corrected chi connectivity index (χ2v) is 0.644. The number of rotatable bonds is 1. The van der Waals surface area contributed by atoms with E-state index < -0.39 is 0 Å². The first-order valence-electron chi connectivity index (χ1n) is 2.45. The molecule has 0 aromatic heterocycles. The molecule has 0 aliphatic carbocycles. The van der Waals surface area contributed by atoms with Gasteiger partial charge < -0.3 is 0 Å². The normalized spacial score (nSPS) is 5.00. The monoisotopic (exact) mass is 85.1 g/mol. The average Bonchev–Trinajstić information content (AvgIpc) is 1.72. The third-order valence-electron chi connectivity index (χ3n) is 0.236. The van der Waals surface area contributed by atoms with Crippen LogP contribution in [0.2, 0.25) is 0 Å². The van der Waals surface area contributed by atoms with Crippen molar-refractivity contribution in [2.75, 3.05) is 0 Å². The molecule has 0 fully saturated rings. The van der Waals surface area contributed by atoms with Crippen molar-refractivity contribution in [3.63, 3.8) is 0 Å². The Labute approximate surface area is 40.9 Å². The molecule has 0 heteroatoms. The lowest BCUT2D eigenvalue weighted by molar-refractivity contribution is 1.23. The molecule has 0 saturated carbocycles. The van der Waals surface area contributed by atoms with E-state index in [0.717, 1.165) is 6.42 Å². The first-order valence-corrected chi connectivity index (χ1v) is 2.45. The van der Waals surface area contributed by atoms with Crippen LogP contribution in [0.1, 0.15) is 27.2 Å². The highest BCUT2D eigenvalue weighted by molar-refractivity contribution is 4.54. The number of hydrogen-bond donors (Lipinski definition) is 0. The minimum Gasteiger partial charge on any atom is -0.0683 e. The van der Waals surface area contributed by atoms with Gasteiger partial charge in [0.05, 0.1) is 0 Å². The van der Waals surface area contributed by atoms with Crippen molar-refractivity contribution in [1.29, 1.82) is 0 Å². The molecule has 0 unspecified atom stereocenters.